The number of hydrogen-bond donors (Lipinski definition) is 1. The second-order valence-corrected chi connectivity index (χ2v) is 3.28. The molecule has 0 saturated carbocycles. The van der Waals surface area contributed by atoms with Gasteiger partial charge in [0, 0.05) is 6.20 Å². The molecule has 0 unspecified atom stereocenters. The zero-order chi connectivity index (χ0) is 11.4. The Morgan fingerprint density at radius 3 is 3.00 bits per heavy atom. The van der Waals surface area contributed by atoms with E-state index in [9.17, 15) is 0 Å². The van der Waals surface area contributed by atoms with E-state index in [1.165, 1.54) is 6.20 Å². The summed E-state index contributed by atoms with van der Waals surface area (Å²) in [7, 11) is 0. The van der Waals surface area contributed by atoms with Crippen LogP contribution in [0.25, 0.3) is 0 Å². The molecule has 0 aliphatic carbocycles. The lowest BCUT2D eigenvalue weighted by Gasteiger charge is -2.05. The van der Waals surface area contributed by atoms with Gasteiger partial charge in [0.2, 0.25) is 0 Å². The lowest BCUT2D eigenvalue weighted by atomic mass is 10.2. The van der Waals surface area contributed by atoms with Gasteiger partial charge < -0.3 is 5.32 Å². The van der Waals surface area contributed by atoms with E-state index >= 15 is 0 Å². The minimum Gasteiger partial charge on any atom is -0.336 e. The molecule has 0 atom stereocenters. The van der Waals surface area contributed by atoms with Gasteiger partial charge >= 0.3 is 0 Å². The van der Waals surface area contributed by atoms with Crippen molar-refractivity contribution in [1.82, 2.24) is 15.2 Å². The number of pyridine rings is 1. The van der Waals surface area contributed by atoms with Gasteiger partial charge in [-0.25, -0.2) is 0 Å². The van der Waals surface area contributed by atoms with Crippen LogP contribution in [0.5, 0.6) is 0 Å². The molecule has 0 bridgehead atoms. The number of rotatable bonds is 2. The van der Waals surface area contributed by atoms with Gasteiger partial charge in [0.05, 0.1) is 23.6 Å². The topological polar surface area (TPSA) is 74.5 Å². The van der Waals surface area contributed by atoms with Crippen molar-refractivity contribution in [2.45, 2.75) is 6.92 Å². The van der Waals surface area contributed by atoms with Crippen LogP contribution in [0.15, 0.2) is 30.7 Å². The number of anilines is 2. The SMILES string of the molecule is Cc1cncc(Nc2nnccc2C#N)c1. The molecule has 0 saturated heterocycles. The Morgan fingerprint density at radius 2 is 2.25 bits per heavy atom. The molecule has 5 nitrogen and oxygen atoms in total. The Bertz CT molecular complexity index is 544. The highest BCUT2D eigenvalue weighted by atomic mass is 15.2. The highest BCUT2D eigenvalue weighted by Crippen LogP contribution is 2.16. The van der Waals surface area contributed by atoms with Gasteiger partial charge in [0.25, 0.3) is 0 Å². The molecule has 16 heavy (non-hydrogen) atoms. The van der Waals surface area contributed by atoms with E-state index in [-0.39, 0.29) is 0 Å². The van der Waals surface area contributed by atoms with Crippen molar-refractivity contribution in [2.75, 3.05) is 5.32 Å². The number of nitriles is 1. The molecular weight excluding hydrogens is 202 g/mol. The maximum Gasteiger partial charge on any atom is 0.171 e. The molecule has 0 aliphatic rings. The van der Waals surface area contributed by atoms with E-state index in [1.807, 2.05) is 19.1 Å². The molecule has 2 aromatic heterocycles. The highest BCUT2D eigenvalue weighted by molar-refractivity contribution is 5.61. The third kappa shape index (κ3) is 2.12. The fraction of sp³-hybridized carbons (Fsp3) is 0.0909. The summed E-state index contributed by atoms with van der Waals surface area (Å²) in [6, 6.07) is 5.57. The number of aromatic nitrogens is 3. The zero-order valence-electron chi connectivity index (χ0n) is 8.68. The van der Waals surface area contributed by atoms with Crippen molar-refractivity contribution in [3.63, 3.8) is 0 Å². The number of nitrogens with one attached hydrogen (secondary N) is 1. The average Bonchev–Trinajstić information content (AvgIpc) is 2.30. The summed E-state index contributed by atoms with van der Waals surface area (Å²) in [5.41, 5.74) is 2.28. The minimum atomic E-state index is 0.442. The number of aryl methyl sites for hydroxylation is 1. The fourth-order valence-electron chi connectivity index (χ4n) is 1.27. The van der Waals surface area contributed by atoms with Gasteiger partial charge in [-0.05, 0) is 24.6 Å². The van der Waals surface area contributed by atoms with E-state index in [2.05, 4.69) is 20.5 Å². The lowest BCUT2D eigenvalue weighted by molar-refractivity contribution is 1.03. The third-order valence-electron chi connectivity index (χ3n) is 1.98. The molecule has 0 fully saturated rings. The van der Waals surface area contributed by atoms with Crippen LogP contribution in [-0.2, 0) is 0 Å². The highest BCUT2D eigenvalue weighted by Gasteiger charge is 2.03. The van der Waals surface area contributed by atoms with E-state index in [0.717, 1.165) is 11.3 Å². The van der Waals surface area contributed by atoms with Crippen LogP contribution in [0.3, 0.4) is 0 Å². The molecule has 2 aromatic rings. The molecule has 2 heterocycles. The van der Waals surface area contributed by atoms with Crippen molar-refractivity contribution in [1.29, 1.82) is 5.26 Å². The Morgan fingerprint density at radius 1 is 1.38 bits per heavy atom. The van der Waals surface area contributed by atoms with Crippen LogP contribution >= 0.6 is 0 Å². The van der Waals surface area contributed by atoms with Gasteiger partial charge in [-0.15, -0.1) is 5.10 Å². The summed E-state index contributed by atoms with van der Waals surface area (Å²) in [6.07, 6.45) is 4.91. The standard InChI is InChI=1S/C11H9N5/c1-8-4-10(7-13-6-8)15-11-9(5-12)2-3-14-16-11/h2-4,6-7H,1H3,(H,15,16). The molecule has 2 rings (SSSR count). The maximum atomic E-state index is 8.88. The van der Waals surface area contributed by atoms with Gasteiger partial charge in [-0.2, -0.15) is 10.4 Å². The molecule has 1 N–H and O–H groups in total. The summed E-state index contributed by atoms with van der Waals surface area (Å²) in [5.74, 6) is 0.442. The normalized spacial score (nSPS) is 9.50. The first-order valence-electron chi connectivity index (χ1n) is 4.70. The Balaban J connectivity index is 2.31. The first kappa shape index (κ1) is 10.1. The van der Waals surface area contributed by atoms with Crippen molar-refractivity contribution in [3.05, 3.63) is 41.9 Å². The first-order chi connectivity index (χ1) is 7.79. The molecule has 78 valence electrons. The predicted molar refractivity (Wildman–Crippen MR) is 59.0 cm³/mol. The van der Waals surface area contributed by atoms with E-state index in [0.29, 0.717) is 11.4 Å². The summed E-state index contributed by atoms with van der Waals surface area (Å²) in [5, 5.41) is 19.5. The Labute approximate surface area is 92.8 Å². The zero-order valence-corrected chi connectivity index (χ0v) is 8.68. The number of nitrogens with zero attached hydrogens (tertiary/aromatic N) is 4. The molecule has 0 radical (unpaired) electrons. The fourth-order valence-corrected chi connectivity index (χ4v) is 1.27. The molecule has 0 aliphatic heterocycles. The summed E-state index contributed by atoms with van der Waals surface area (Å²) in [4.78, 5) is 4.04. The van der Waals surface area contributed by atoms with Gasteiger partial charge in [-0.3, -0.25) is 4.98 Å². The van der Waals surface area contributed by atoms with E-state index in [4.69, 9.17) is 5.26 Å². The summed E-state index contributed by atoms with van der Waals surface area (Å²) in [6.45, 7) is 1.94. The van der Waals surface area contributed by atoms with Crippen molar-refractivity contribution < 1.29 is 0 Å². The van der Waals surface area contributed by atoms with Crippen LogP contribution in [0.2, 0.25) is 0 Å². The Kier molecular flexibility index (Phi) is 2.74. The van der Waals surface area contributed by atoms with Crippen LogP contribution in [0.1, 0.15) is 11.1 Å². The quantitative estimate of drug-likeness (QED) is 0.819. The van der Waals surface area contributed by atoms with Crippen molar-refractivity contribution in [3.8, 4) is 6.07 Å². The van der Waals surface area contributed by atoms with Crippen LogP contribution in [0.4, 0.5) is 11.5 Å². The maximum absolute atomic E-state index is 8.88. The monoisotopic (exact) mass is 211 g/mol. The molecule has 0 spiro atoms. The lowest BCUT2D eigenvalue weighted by Crippen LogP contribution is -1.98. The molecule has 5 heteroatoms. The van der Waals surface area contributed by atoms with Gasteiger partial charge in [0.1, 0.15) is 6.07 Å². The van der Waals surface area contributed by atoms with Gasteiger partial charge in [0.15, 0.2) is 5.82 Å². The summed E-state index contributed by atoms with van der Waals surface area (Å²) < 4.78 is 0. The first-order valence-corrected chi connectivity index (χ1v) is 4.70. The Hall–Kier alpha value is -2.48. The van der Waals surface area contributed by atoms with E-state index < -0.39 is 0 Å². The summed E-state index contributed by atoms with van der Waals surface area (Å²) >= 11 is 0. The molecule has 0 amide bonds. The van der Waals surface area contributed by atoms with Gasteiger partial charge in [-0.1, -0.05) is 0 Å². The van der Waals surface area contributed by atoms with E-state index in [1.54, 1.807) is 18.5 Å². The third-order valence-corrected chi connectivity index (χ3v) is 1.98. The van der Waals surface area contributed by atoms with Crippen LogP contribution in [0, 0.1) is 18.3 Å². The van der Waals surface area contributed by atoms with Crippen LogP contribution < -0.4 is 5.32 Å². The number of hydrogen-bond acceptors (Lipinski definition) is 5. The minimum absolute atomic E-state index is 0.442. The van der Waals surface area contributed by atoms with Crippen molar-refractivity contribution in [2.24, 2.45) is 0 Å². The molecule has 0 aromatic carbocycles. The second-order valence-electron chi connectivity index (χ2n) is 3.28. The predicted octanol–water partition coefficient (Wildman–Crippen LogP) is 1.80. The molecular formula is C11H9N5. The second kappa shape index (κ2) is 4.36. The smallest absolute Gasteiger partial charge is 0.171 e. The average molecular weight is 211 g/mol. The van der Waals surface area contributed by atoms with Crippen molar-refractivity contribution >= 4 is 11.5 Å². The largest absolute Gasteiger partial charge is 0.336 e. The van der Waals surface area contributed by atoms with Crippen LogP contribution in [-0.4, -0.2) is 15.2 Å².